The van der Waals surface area contributed by atoms with Crippen LogP contribution in [-0.2, 0) is 9.47 Å². The lowest BCUT2D eigenvalue weighted by atomic mass is 10.1. The minimum atomic E-state index is -0.376. The summed E-state index contributed by atoms with van der Waals surface area (Å²) in [7, 11) is 0. The molecule has 0 saturated carbocycles. The molecule has 0 atom stereocenters. The first-order valence-corrected chi connectivity index (χ1v) is 6.10. The van der Waals surface area contributed by atoms with Gasteiger partial charge in [-0.15, -0.1) is 0 Å². The van der Waals surface area contributed by atoms with Crippen molar-refractivity contribution in [3.8, 4) is 12.1 Å². The number of ether oxygens (including phenoxy) is 2. The molecular weight excluding hydrogens is 240 g/mol. The molecule has 0 aliphatic carbocycles. The molecule has 19 heavy (non-hydrogen) atoms. The van der Waals surface area contributed by atoms with Crippen molar-refractivity contribution >= 4 is 6.08 Å². The van der Waals surface area contributed by atoms with E-state index >= 15 is 0 Å². The maximum Gasteiger partial charge on any atom is 0.183 e. The third kappa shape index (κ3) is 4.56. The third-order valence-electron chi connectivity index (χ3n) is 2.40. The Bertz CT molecular complexity index is 484. The summed E-state index contributed by atoms with van der Waals surface area (Å²) in [4.78, 5) is 0. The Labute approximate surface area is 113 Å². The lowest BCUT2D eigenvalue weighted by Gasteiger charge is -2.17. The van der Waals surface area contributed by atoms with E-state index in [9.17, 15) is 0 Å². The summed E-state index contributed by atoms with van der Waals surface area (Å²) in [6.07, 6.45) is 1.17. The van der Waals surface area contributed by atoms with Crippen LogP contribution in [0.3, 0.4) is 0 Å². The summed E-state index contributed by atoms with van der Waals surface area (Å²) in [6, 6.07) is 11.1. The second-order valence-electron chi connectivity index (χ2n) is 3.69. The second-order valence-corrected chi connectivity index (χ2v) is 3.69. The summed E-state index contributed by atoms with van der Waals surface area (Å²) in [5.74, 6) is 0. The highest BCUT2D eigenvalue weighted by molar-refractivity contribution is 5.62. The number of hydrogen-bond donors (Lipinski definition) is 0. The van der Waals surface area contributed by atoms with Crippen LogP contribution in [-0.4, -0.2) is 13.2 Å². The van der Waals surface area contributed by atoms with Gasteiger partial charge in [0, 0.05) is 18.8 Å². The average molecular weight is 256 g/mol. The van der Waals surface area contributed by atoms with E-state index in [4.69, 9.17) is 20.0 Å². The third-order valence-corrected chi connectivity index (χ3v) is 2.40. The molecule has 4 nitrogen and oxygen atoms in total. The van der Waals surface area contributed by atoms with E-state index in [1.54, 1.807) is 6.08 Å². The number of rotatable bonds is 6. The van der Waals surface area contributed by atoms with Crippen molar-refractivity contribution < 1.29 is 9.47 Å². The molecule has 1 aromatic carbocycles. The molecule has 0 aliphatic heterocycles. The number of nitrogens with zero attached hydrogens (tertiary/aromatic N) is 2. The molecular formula is C15H16N2O2. The molecule has 1 aromatic rings. The predicted octanol–water partition coefficient (Wildman–Crippen LogP) is 3.19. The summed E-state index contributed by atoms with van der Waals surface area (Å²) >= 11 is 0. The Hall–Kier alpha value is -2.14. The van der Waals surface area contributed by atoms with E-state index in [0.29, 0.717) is 13.2 Å². The lowest BCUT2D eigenvalue weighted by Crippen LogP contribution is -2.08. The minimum absolute atomic E-state index is 0.0823. The van der Waals surface area contributed by atoms with Gasteiger partial charge in [-0.05, 0) is 25.5 Å². The van der Waals surface area contributed by atoms with E-state index in [1.807, 2.05) is 50.3 Å². The molecule has 0 heterocycles. The van der Waals surface area contributed by atoms with E-state index in [2.05, 4.69) is 0 Å². The van der Waals surface area contributed by atoms with Gasteiger partial charge in [0.05, 0.1) is 0 Å². The van der Waals surface area contributed by atoms with Gasteiger partial charge < -0.3 is 9.47 Å². The van der Waals surface area contributed by atoms with Crippen LogP contribution < -0.4 is 0 Å². The molecule has 4 heteroatoms. The molecule has 98 valence electrons. The SMILES string of the molecule is CCOC(OCC)c1ccc(C=C(C#N)C#N)cc1. The van der Waals surface area contributed by atoms with E-state index in [-0.39, 0.29) is 11.9 Å². The van der Waals surface area contributed by atoms with Crippen LogP contribution in [0.25, 0.3) is 6.08 Å². The van der Waals surface area contributed by atoms with Crippen molar-refractivity contribution in [3.05, 3.63) is 41.0 Å². The molecule has 0 bridgehead atoms. The fourth-order valence-corrected chi connectivity index (χ4v) is 1.55. The van der Waals surface area contributed by atoms with Crippen molar-refractivity contribution in [2.75, 3.05) is 13.2 Å². The van der Waals surface area contributed by atoms with Gasteiger partial charge in [0.15, 0.2) is 6.29 Å². The molecule has 0 unspecified atom stereocenters. The van der Waals surface area contributed by atoms with Crippen LogP contribution >= 0.6 is 0 Å². The standard InChI is InChI=1S/C15H16N2O2/c1-3-18-15(19-4-2)14-7-5-12(6-8-14)9-13(10-16)11-17/h5-9,15H,3-4H2,1-2H3. The van der Waals surface area contributed by atoms with Crippen LogP contribution in [0, 0.1) is 22.7 Å². The Morgan fingerprint density at radius 3 is 2.05 bits per heavy atom. The van der Waals surface area contributed by atoms with Gasteiger partial charge in [-0.2, -0.15) is 10.5 Å². The largest absolute Gasteiger partial charge is 0.349 e. The zero-order chi connectivity index (χ0) is 14.1. The molecule has 0 aliphatic rings. The van der Waals surface area contributed by atoms with Crippen LogP contribution in [0.5, 0.6) is 0 Å². The first kappa shape index (κ1) is 14.9. The van der Waals surface area contributed by atoms with Crippen LogP contribution in [0.4, 0.5) is 0 Å². The summed E-state index contributed by atoms with van der Waals surface area (Å²) in [6.45, 7) is 4.96. The normalized spacial score (nSPS) is 9.74. The van der Waals surface area contributed by atoms with Crippen molar-refractivity contribution in [1.29, 1.82) is 10.5 Å². The maximum atomic E-state index is 8.69. The molecule has 0 aromatic heterocycles. The number of allylic oxidation sites excluding steroid dienone is 1. The Morgan fingerprint density at radius 1 is 1.11 bits per heavy atom. The second kappa shape index (κ2) is 8.05. The molecule has 0 spiro atoms. The lowest BCUT2D eigenvalue weighted by molar-refractivity contribution is -0.140. The van der Waals surface area contributed by atoms with E-state index in [1.165, 1.54) is 0 Å². The minimum Gasteiger partial charge on any atom is -0.349 e. The number of hydrogen-bond acceptors (Lipinski definition) is 4. The van der Waals surface area contributed by atoms with Gasteiger partial charge in [0.25, 0.3) is 0 Å². The highest BCUT2D eigenvalue weighted by atomic mass is 16.7. The molecule has 1 rings (SSSR count). The average Bonchev–Trinajstić information content (AvgIpc) is 2.45. The van der Waals surface area contributed by atoms with Gasteiger partial charge in [-0.3, -0.25) is 0 Å². The van der Waals surface area contributed by atoms with Crippen molar-refractivity contribution in [1.82, 2.24) is 0 Å². The van der Waals surface area contributed by atoms with Gasteiger partial charge in [-0.25, -0.2) is 0 Å². The van der Waals surface area contributed by atoms with Crippen LogP contribution in [0.1, 0.15) is 31.3 Å². The fourth-order valence-electron chi connectivity index (χ4n) is 1.55. The van der Waals surface area contributed by atoms with E-state index in [0.717, 1.165) is 11.1 Å². The molecule has 0 N–H and O–H groups in total. The fraction of sp³-hybridized carbons (Fsp3) is 0.333. The topological polar surface area (TPSA) is 66.0 Å². The molecule has 0 radical (unpaired) electrons. The van der Waals surface area contributed by atoms with Crippen LogP contribution in [0.15, 0.2) is 29.8 Å². The van der Waals surface area contributed by atoms with Crippen molar-refractivity contribution in [2.24, 2.45) is 0 Å². The molecule has 0 fully saturated rings. The number of benzene rings is 1. The van der Waals surface area contributed by atoms with Gasteiger partial charge in [-0.1, -0.05) is 24.3 Å². The Morgan fingerprint density at radius 2 is 1.63 bits per heavy atom. The Kier molecular flexibility index (Phi) is 6.32. The monoisotopic (exact) mass is 256 g/mol. The first-order valence-electron chi connectivity index (χ1n) is 6.10. The van der Waals surface area contributed by atoms with Crippen molar-refractivity contribution in [2.45, 2.75) is 20.1 Å². The van der Waals surface area contributed by atoms with Crippen LogP contribution in [0.2, 0.25) is 0 Å². The zero-order valence-electron chi connectivity index (χ0n) is 11.1. The van der Waals surface area contributed by atoms with Gasteiger partial charge in [0.2, 0.25) is 0 Å². The van der Waals surface area contributed by atoms with Crippen molar-refractivity contribution in [3.63, 3.8) is 0 Å². The molecule has 0 saturated heterocycles. The Balaban J connectivity index is 2.89. The smallest absolute Gasteiger partial charge is 0.183 e. The molecule has 0 amide bonds. The summed E-state index contributed by atoms with van der Waals surface area (Å²) in [5, 5.41) is 17.4. The summed E-state index contributed by atoms with van der Waals surface area (Å²) in [5.41, 5.74) is 1.80. The summed E-state index contributed by atoms with van der Waals surface area (Å²) < 4.78 is 11.0. The number of nitriles is 2. The highest BCUT2D eigenvalue weighted by Crippen LogP contribution is 2.20. The highest BCUT2D eigenvalue weighted by Gasteiger charge is 2.10. The zero-order valence-corrected chi connectivity index (χ0v) is 11.1. The van der Waals surface area contributed by atoms with Gasteiger partial charge in [0.1, 0.15) is 17.7 Å². The quantitative estimate of drug-likeness (QED) is 0.579. The maximum absolute atomic E-state index is 8.69. The predicted molar refractivity (Wildman–Crippen MR) is 71.6 cm³/mol. The van der Waals surface area contributed by atoms with Gasteiger partial charge >= 0.3 is 0 Å². The van der Waals surface area contributed by atoms with E-state index < -0.39 is 0 Å². The first-order chi connectivity index (χ1) is 9.24.